The minimum atomic E-state index is -3.48. The van der Waals surface area contributed by atoms with Crippen LogP contribution in [-0.2, 0) is 10.2 Å². The molecule has 1 aliphatic rings. The standard InChI is InChI=1S/C10H15N3O3S/c1-16-10-4-2-3-9(5-10)13-7-8(6-11)12-17(13,14)15/h2-5,8,12H,6-7,11H2,1H3. The SMILES string of the molecule is COc1cccc(N2CC(CN)NS2(=O)=O)c1. The molecule has 1 saturated heterocycles. The van der Waals surface area contributed by atoms with Crippen LogP contribution in [0.2, 0.25) is 0 Å². The minimum Gasteiger partial charge on any atom is -0.497 e. The van der Waals surface area contributed by atoms with Gasteiger partial charge in [-0.2, -0.15) is 13.1 Å². The molecule has 1 aromatic carbocycles. The van der Waals surface area contributed by atoms with E-state index in [2.05, 4.69) is 4.72 Å². The maximum atomic E-state index is 11.8. The molecule has 1 fully saturated rings. The van der Waals surface area contributed by atoms with Crippen molar-refractivity contribution >= 4 is 15.9 Å². The van der Waals surface area contributed by atoms with Crippen molar-refractivity contribution in [3.8, 4) is 5.75 Å². The number of anilines is 1. The lowest BCUT2D eigenvalue weighted by atomic mass is 10.2. The van der Waals surface area contributed by atoms with Crippen LogP contribution < -0.4 is 19.5 Å². The fourth-order valence-corrected chi connectivity index (χ4v) is 3.23. The van der Waals surface area contributed by atoms with Crippen LogP contribution in [0.3, 0.4) is 0 Å². The van der Waals surface area contributed by atoms with Crippen molar-refractivity contribution in [3.05, 3.63) is 24.3 Å². The van der Waals surface area contributed by atoms with Crippen LogP contribution >= 0.6 is 0 Å². The number of rotatable bonds is 3. The van der Waals surface area contributed by atoms with Gasteiger partial charge in [0.1, 0.15) is 5.75 Å². The van der Waals surface area contributed by atoms with Crippen molar-refractivity contribution in [1.29, 1.82) is 0 Å². The Morgan fingerprint density at radius 3 is 2.94 bits per heavy atom. The third-order valence-electron chi connectivity index (χ3n) is 2.62. The van der Waals surface area contributed by atoms with Gasteiger partial charge < -0.3 is 10.5 Å². The minimum absolute atomic E-state index is 0.244. The molecule has 1 aromatic rings. The van der Waals surface area contributed by atoms with Crippen LogP contribution in [-0.4, -0.2) is 34.7 Å². The lowest BCUT2D eigenvalue weighted by molar-refractivity contribution is 0.415. The van der Waals surface area contributed by atoms with E-state index in [1.165, 1.54) is 4.31 Å². The molecule has 1 atom stereocenters. The van der Waals surface area contributed by atoms with E-state index >= 15 is 0 Å². The second-order valence-corrected chi connectivity index (χ2v) is 5.41. The number of hydrogen-bond donors (Lipinski definition) is 2. The molecular formula is C10H15N3O3S. The number of nitrogens with two attached hydrogens (primary N) is 1. The number of hydrogen-bond acceptors (Lipinski definition) is 4. The third kappa shape index (κ3) is 2.36. The van der Waals surface area contributed by atoms with E-state index in [4.69, 9.17) is 10.5 Å². The summed E-state index contributed by atoms with van der Waals surface area (Å²) in [6.07, 6.45) is 0. The summed E-state index contributed by atoms with van der Waals surface area (Å²) in [6, 6.07) is 6.67. The van der Waals surface area contributed by atoms with Crippen LogP contribution in [0.15, 0.2) is 24.3 Å². The van der Waals surface area contributed by atoms with Crippen LogP contribution in [0.1, 0.15) is 0 Å². The van der Waals surface area contributed by atoms with Crippen molar-refractivity contribution in [3.63, 3.8) is 0 Å². The molecule has 0 bridgehead atoms. The maximum absolute atomic E-state index is 11.8. The summed E-state index contributed by atoms with van der Waals surface area (Å²) in [7, 11) is -1.94. The lowest BCUT2D eigenvalue weighted by Crippen LogP contribution is -2.33. The summed E-state index contributed by atoms with van der Waals surface area (Å²) < 4.78 is 32.6. The molecule has 94 valence electrons. The first kappa shape index (κ1) is 12.2. The number of methoxy groups -OCH3 is 1. The van der Waals surface area contributed by atoms with Gasteiger partial charge >= 0.3 is 10.2 Å². The Labute approximate surface area is 101 Å². The normalized spacial score (nSPS) is 22.7. The highest BCUT2D eigenvalue weighted by atomic mass is 32.2. The molecule has 1 aliphatic heterocycles. The lowest BCUT2D eigenvalue weighted by Gasteiger charge is -2.16. The van der Waals surface area contributed by atoms with Crippen LogP contribution in [0.4, 0.5) is 5.69 Å². The summed E-state index contributed by atoms with van der Waals surface area (Å²) in [5, 5.41) is 0. The van der Waals surface area contributed by atoms with Crippen molar-refractivity contribution in [1.82, 2.24) is 4.72 Å². The molecule has 17 heavy (non-hydrogen) atoms. The second-order valence-electron chi connectivity index (χ2n) is 3.79. The van der Waals surface area contributed by atoms with E-state index in [0.717, 1.165) is 0 Å². The number of nitrogens with zero attached hydrogens (tertiary/aromatic N) is 1. The predicted molar refractivity (Wildman–Crippen MR) is 65.2 cm³/mol. The molecule has 0 amide bonds. The summed E-state index contributed by atoms with van der Waals surface area (Å²) in [4.78, 5) is 0. The van der Waals surface area contributed by atoms with Gasteiger partial charge in [-0.15, -0.1) is 0 Å². The molecule has 1 unspecified atom stereocenters. The van der Waals surface area contributed by atoms with Gasteiger partial charge in [0.25, 0.3) is 0 Å². The van der Waals surface area contributed by atoms with Crippen molar-refractivity contribution in [2.24, 2.45) is 5.73 Å². The molecule has 0 aliphatic carbocycles. The molecule has 0 saturated carbocycles. The highest BCUT2D eigenvalue weighted by Crippen LogP contribution is 2.25. The highest BCUT2D eigenvalue weighted by molar-refractivity contribution is 7.91. The number of benzene rings is 1. The zero-order valence-corrected chi connectivity index (χ0v) is 10.3. The predicted octanol–water partition coefficient (Wildman–Crippen LogP) is -0.323. The largest absolute Gasteiger partial charge is 0.497 e. The van der Waals surface area contributed by atoms with Gasteiger partial charge in [-0.05, 0) is 12.1 Å². The van der Waals surface area contributed by atoms with Crippen molar-refractivity contribution in [2.75, 3.05) is 24.5 Å². The zero-order valence-electron chi connectivity index (χ0n) is 9.46. The Morgan fingerprint density at radius 2 is 2.35 bits per heavy atom. The molecule has 3 N–H and O–H groups in total. The fraction of sp³-hybridized carbons (Fsp3) is 0.400. The quantitative estimate of drug-likeness (QED) is 0.777. The first-order valence-electron chi connectivity index (χ1n) is 5.21. The fourth-order valence-electron chi connectivity index (χ4n) is 1.74. The van der Waals surface area contributed by atoms with Gasteiger partial charge in [-0.3, -0.25) is 4.31 Å². The molecule has 1 heterocycles. The summed E-state index contributed by atoms with van der Waals surface area (Å²) in [6.45, 7) is 0.617. The smallest absolute Gasteiger partial charge is 0.301 e. The maximum Gasteiger partial charge on any atom is 0.301 e. The number of ether oxygens (including phenoxy) is 1. The molecular weight excluding hydrogens is 242 g/mol. The Kier molecular flexibility index (Phi) is 3.23. The third-order valence-corrected chi connectivity index (χ3v) is 4.19. The van der Waals surface area contributed by atoms with Crippen molar-refractivity contribution < 1.29 is 13.2 Å². The molecule has 7 heteroatoms. The number of nitrogens with one attached hydrogen (secondary N) is 1. The average molecular weight is 257 g/mol. The van der Waals surface area contributed by atoms with E-state index in [1.54, 1.807) is 31.4 Å². The van der Waals surface area contributed by atoms with E-state index in [-0.39, 0.29) is 12.6 Å². The van der Waals surface area contributed by atoms with Gasteiger partial charge in [0.2, 0.25) is 0 Å². The van der Waals surface area contributed by atoms with E-state index in [0.29, 0.717) is 18.0 Å². The molecule has 0 radical (unpaired) electrons. The molecule has 0 aromatic heterocycles. The van der Waals surface area contributed by atoms with Crippen LogP contribution in [0.25, 0.3) is 0 Å². The van der Waals surface area contributed by atoms with Crippen LogP contribution in [0, 0.1) is 0 Å². The second kappa shape index (κ2) is 4.52. The Hall–Kier alpha value is -1.31. The topological polar surface area (TPSA) is 84.7 Å². The summed E-state index contributed by atoms with van der Waals surface area (Å²) >= 11 is 0. The van der Waals surface area contributed by atoms with Gasteiger partial charge in [0, 0.05) is 12.6 Å². The van der Waals surface area contributed by atoms with Gasteiger partial charge in [0.15, 0.2) is 0 Å². The van der Waals surface area contributed by atoms with E-state index in [9.17, 15) is 8.42 Å². The Morgan fingerprint density at radius 1 is 1.59 bits per heavy atom. The molecule has 0 spiro atoms. The molecule has 2 rings (SSSR count). The highest BCUT2D eigenvalue weighted by Gasteiger charge is 2.34. The van der Waals surface area contributed by atoms with E-state index < -0.39 is 10.2 Å². The Balaban J connectivity index is 2.33. The summed E-state index contributed by atoms with van der Waals surface area (Å²) in [5.41, 5.74) is 6.05. The Bertz CT molecular complexity index is 503. The monoisotopic (exact) mass is 257 g/mol. The average Bonchev–Trinajstić information content (AvgIpc) is 2.64. The first-order chi connectivity index (χ1) is 8.06. The van der Waals surface area contributed by atoms with Gasteiger partial charge in [0.05, 0.1) is 25.4 Å². The van der Waals surface area contributed by atoms with Gasteiger partial charge in [-0.1, -0.05) is 6.07 Å². The summed E-state index contributed by atoms with van der Waals surface area (Å²) in [5.74, 6) is 0.619. The van der Waals surface area contributed by atoms with E-state index in [1.807, 2.05) is 0 Å². The molecule has 6 nitrogen and oxygen atoms in total. The van der Waals surface area contributed by atoms with Crippen LogP contribution in [0.5, 0.6) is 5.75 Å². The van der Waals surface area contributed by atoms with Crippen molar-refractivity contribution in [2.45, 2.75) is 6.04 Å². The zero-order chi connectivity index (χ0) is 12.5. The van der Waals surface area contributed by atoms with Gasteiger partial charge in [-0.25, -0.2) is 0 Å². The first-order valence-corrected chi connectivity index (χ1v) is 6.65.